The maximum absolute atomic E-state index is 13.0. The summed E-state index contributed by atoms with van der Waals surface area (Å²) in [7, 11) is -4.77. The summed E-state index contributed by atoms with van der Waals surface area (Å²) in [4.78, 5) is 48.8. The van der Waals surface area contributed by atoms with Gasteiger partial charge in [0.25, 0.3) is 0 Å². The quantitative estimate of drug-likeness (QED) is 0.0197. The lowest BCUT2D eigenvalue weighted by atomic mass is 10.0. The zero-order valence-corrected chi connectivity index (χ0v) is 53.1. The van der Waals surface area contributed by atoms with Crippen molar-refractivity contribution in [3.05, 3.63) is 109 Å². The minimum absolute atomic E-state index is 0.124. The molecule has 0 aliphatic carbocycles. The number of ether oxygens (including phenoxy) is 3. The second-order valence-corrected chi connectivity index (χ2v) is 23.0. The van der Waals surface area contributed by atoms with Gasteiger partial charge in [0.05, 0.1) is 19.8 Å². The van der Waals surface area contributed by atoms with E-state index in [0.717, 1.165) is 135 Å². The molecular formula is C70H119O11P. The van der Waals surface area contributed by atoms with Crippen LogP contribution in [0.4, 0.5) is 0 Å². The number of phosphoric ester groups is 1. The van der Waals surface area contributed by atoms with Crippen molar-refractivity contribution < 1.29 is 52.2 Å². The van der Waals surface area contributed by atoms with Gasteiger partial charge in [0.1, 0.15) is 12.7 Å². The van der Waals surface area contributed by atoms with Gasteiger partial charge in [-0.25, -0.2) is 4.57 Å². The third-order valence-electron chi connectivity index (χ3n) is 13.7. The highest BCUT2D eigenvalue weighted by Gasteiger charge is 2.28. The number of allylic oxidation sites excluding steroid dienone is 18. The van der Waals surface area contributed by atoms with Crippen molar-refractivity contribution in [1.29, 1.82) is 0 Å². The summed E-state index contributed by atoms with van der Waals surface area (Å²) in [5.41, 5.74) is 0. The van der Waals surface area contributed by atoms with Crippen molar-refractivity contribution in [3.8, 4) is 0 Å². The normalized spacial score (nSPS) is 14.0. The van der Waals surface area contributed by atoms with Gasteiger partial charge in [0.2, 0.25) is 0 Å². The number of carbonyl (C=O) groups excluding carboxylic acids is 3. The van der Waals surface area contributed by atoms with E-state index in [4.69, 9.17) is 23.3 Å². The van der Waals surface area contributed by atoms with E-state index in [9.17, 15) is 28.9 Å². The molecule has 3 unspecified atom stereocenters. The number of phosphoric acid groups is 1. The van der Waals surface area contributed by atoms with E-state index in [1.807, 2.05) is 0 Å². The lowest BCUT2D eigenvalue weighted by Crippen LogP contribution is -2.30. The van der Waals surface area contributed by atoms with E-state index in [-0.39, 0.29) is 25.9 Å². The molecule has 0 aromatic heterocycles. The van der Waals surface area contributed by atoms with Crippen molar-refractivity contribution in [2.45, 2.75) is 290 Å². The molecule has 82 heavy (non-hydrogen) atoms. The minimum Gasteiger partial charge on any atom is -0.462 e. The molecule has 0 bridgehead atoms. The summed E-state index contributed by atoms with van der Waals surface area (Å²) in [6, 6.07) is 0. The van der Waals surface area contributed by atoms with Crippen molar-refractivity contribution in [2.75, 3.05) is 26.4 Å². The first kappa shape index (κ1) is 78.1. The number of esters is 3. The molecule has 0 aliphatic heterocycles. The van der Waals surface area contributed by atoms with E-state index >= 15 is 0 Å². The molecule has 0 rings (SSSR count). The zero-order valence-electron chi connectivity index (χ0n) is 52.2. The monoisotopic (exact) mass is 1170 g/mol. The van der Waals surface area contributed by atoms with Gasteiger partial charge in [-0.15, -0.1) is 0 Å². The highest BCUT2D eigenvalue weighted by molar-refractivity contribution is 7.47. The van der Waals surface area contributed by atoms with Crippen molar-refractivity contribution >= 4 is 25.7 Å². The van der Waals surface area contributed by atoms with Crippen LogP contribution in [-0.4, -0.2) is 66.5 Å². The predicted molar refractivity (Wildman–Crippen MR) is 343 cm³/mol. The van der Waals surface area contributed by atoms with Crippen molar-refractivity contribution in [3.63, 3.8) is 0 Å². The number of carbonyl (C=O) groups is 3. The van der Waals surface area contributed by atoms with Crippen LogP contribution in [0.1, 0.15) is 278 Å². The fraction of sp³-hybridized carbons (Fsp3) is 0.700. The van der Waals surface area contributed by atoms with Crippen LogP contribution in [0.15, 0.2) is 109 Å². The van der Waals surface area contributed by atoms with E-state index in [2.05, 4.69) is 130 Å². The molecule has 2 N–H and O–H groups in total. The molecule has 0 spiro atoms. The van der Waals surface area contributed by atoms with Crippen LogP contribution in [0.2, 0.25) is 0 Å². The molecule has 11 nitrogen and oxygen atoms in total. The summed E-state index contributed by atoms with van der Waals surface area (Å²) in [5, 5.41) is 9.86. The van der Waals surface area contributed by atoms with Crippen LogP contribution < -0.4 is 0 Å². The first-order valence-corrected chi connectivity index (χ1v) is 34.3. The Balaban J connectivity index is 4.75. The molecule has 0 heterocycles. The lowest BCUT2D eigenvalue weighted by molar-refractivity contribution is -0.161. The molecule has 3 atom stereocenters. The van der Waals surface area contributed by atoms with Crippen LogP contribution in [0.5, 0.6) is 0 Å². The third kappa shape index (κ3) is 60.7. The summed E-state index contributed by atoms with van der Waals surface area (Å²) < 4.78 is 39.7. The Morgan fingerprint density at radius 3 is 0.988 bits per heavy atom. The number of unbranched alkanes of at least 4 members (excludes halogenated alkanes) is 25. The third-order valence-corrected chi connectivity index (χ3v) is 14.6. The van der Waals surface area contributed by atoms with Gasteiger partial charge in [-0.05, 0) is 103 Å². The molecule has 0 fully saturated rings. The van der Waals surface area contributed by atoms with Gasteiger partial charge in [0, 0.05) is 19.3 Å². The smallest absolute Gasteiger partial charge is 0.462 e. The van der Waals surface area contributed by atoms with E-state index in [1.54, 1.807) is 0 Å². The minimum atomic E-state index is -4.77. The molecule has 12 heteroatoms. The number of rotatable bonds is 60. The molecule has 0 aromatic rings. The molecule has 0 saturated heterocycles. The molecule has 0 saturated carbocycles. The van der Waals surface area contributed by atoms with Gasteiger partial charge in [-0.3, -0.25) is 23.4 Å². The number of hydrogen-bond donors (Lipinski definition) is 2. The van der Waals surface area contributed by atoms with Crippen LogP contribution in [0.25, 0.3) is 0 Å². The maximum Gasteiger partial charge on any atom is 0.472 e. The highest BCUT2D eigenvalue weighted by Crippen LogP contribution is 2.43. The maximum atomic E-state index is 13.0. The first-order chi connectivity index (χ1) is 40.2. The Morgan fingerprint density at radius 2 is 0.634 bits per heavy atom. The summed E-state index contributed by atoms with van der Waals surface area (Å²) in [5.74, 6) is -1.51. The molecule has 0 aromatic carbocycles. The molecule has 0 aliphatic rings. The average molecular weight is 1170 g/mol. The average Bonchev–Trinajstić information content (AvgIpc) is 3.50. The fourth-order valence-electron chi connectivity index (χ4n) is 8.79. The van der Waals surface area contributed by atoms with Crippen LogP contribution >= 0.6 is 7.82 Å². The second-order valence-electron chi connectivity index (χ2n) is 21.5. The molecule has 0 radical (unpaired) electrons. The fourth-order valence-corrected chi connectivity index (χ4v) is 9.57. The summed E-state index contributed by atoms with van der Waals surface area (Å²) >= 11 is 0. The SMILES string of the molecule is CC/C=C\C/C=C\C/C=C\C/C=C\C/C=C\CCCCCC(=O)OC(COC(=O)CCCCCCCCCCCCCCCCCCC)COP(=O)(O)OCC(CO)OC(=O)CCCCCCCC/C=C\C/C=C\C/C=C\C/C=C\CC. The van der Waals surface area contributed by atoms with Crippen molar-refractivity contribution in [2.24, 2.45) is 0 Å². The first-order valence-electron chi connectivity index (χ1n) is 32.8. The number of aliphatic hydroxyl groups excluding tert-OH is 1. The topological polar surface area (TPSA) is 155 Å². The molecule has 0 amide bonds. The van der Waals surface area contributed by atoms with Crippen molar-refractivity contribution in [1.82, 2.24) is 0 Å². The standard InChI is InChI=1S/C70H119O11P/c1-4-7-10-13-16-19-22-25-28-31-33-36-39-42-45-48-51-54-57-60-69(73)80-66(62-71)64-78-82(75,76)79-65-67(63-77-68(72)59-56-53-50-47-44-41-38-35-30-27-24-21-18-15-12-9-6-3)81-70(74)61-58-55-52-49-46-43-40-37-34-32-29-26-23-20-17-14-11-8-5-2/h7-8,10-11,16-17,19-20,25-26,28-29,33-34,36-37,43,46,66-67,71H,4-6,9,12-15,18,21-24,27,30-32,35,38-42,44-45,47-65H2,1-3H3,(H,75,76)/b10-7-,11-8-,19-16-,20-17-,28-25-,29-26-,36-33-,37-34-,46-43-. The van der Waals surface area contributed by atoms with Crippen LogP contribution in [0, 0.1) is 0 Å². The van der Waals surface area contributed by atoms with E-state index in [0.29, 0.717) is 19.3 Å². The van der Waals surface area contributed by atoms with Gasteiger partial charge >= 0.3 is 25.7 Å². The van der Waals surface area contributed by atoms with E-state index in [1.165, 1.54) is 83.5 Å². The summed E-state index contributed by atoms with van der Waals surface area (Å²) in [6.07, 6.45) is 77.5. The largest absolute Gasteiger partial charge is 0.472 e. The van der Waals surface area contributed by atoms with Gasteiger partial charge in [-0.2, -0.15) is 0 Å². The number of aliphatic hydroxyl groups is 1. The Morgan fingerprint density at radius 1 is 0.354 bits per heavy atom. The van der Waals surface area contributed by atoms with Gasteiger partial charge in [0.15, 0.2) is 6.10 Å². The Hall–Kier alpha value is -3.86. The Bertz CT molecular complexity index is 1790. The number of hydrogen-bond acceptors (Lipinski definition) is 10. The lowest BCUT2D eigenvalue weighted by Gasteiger charge is -2.21. The Labute approximate surface area is 501 Å². The van der Waals surface area contributed by atoms with Gasteiger partial charge in [-0.1, -0.05) is 265 Å². The Kier molecular flexibility index (Phi) is 60.2. The van der Waals surface area contributed by atoms with Crippen LogP contribution in [-0.2, 0) is 42.2 Å². The zero-order chi connectivity index (χ0) is 59.8. The van der Waals surface area contributed by atoms with Crippen LogP contribution in [0.3, 0.4) is 0 Å². The highest BCUT2D eigenvalue weighted by atomic mass is 31.2. The van der Waals surface area contributed by atoms with E-state index < -0.39 is 57.8 Å². The second kappa shape index (κ2) is 63.2. The van der Waals surface area contributed by atoms with Gasteiger partial charge < -0.3 is 24.2 Å². The molecule has 470 valence electrons. The molecular weight excluding hydrogens is 1050 g/mol. The predicted octanol–water partition coefficient (Wildman–Crippen LogP) is 20.1. The summed E-state index contributed by atoms with van der Waals surface area (Å²) in [6.45, 7) is 4.40.